The molecule has 0 spiro atoms. The minimum absolute atomic E-state index is 0.0522. The molecule has 1 aromatic heterocycles. The van der Waals surface area contributed by atoms with E-state index in [9.17, 15) is 4.79 Å². The van der Waals surface area contributed by atoms with Crippen LogP contribution in [0.1, 0.15) is 23.0 Å². The lowest BCUT2D eigenvalue weighted by Crippen LogP contribution is -2.44. The Labute approximate surface area is 147 Å². The van der Waals surface area contributed by atoms with Gasteiger partial charge in [-0.15, -0.1) is 0 Å². The molecule has 3 rings (SSSR count). The van der Waals surface area contributed by atoms with Crippen LogP contribution in [0.25, 0.3) is 0 Å². The average molecular weight is 341 g/mol. The standard InChI is InChI=1S/C19H23N3OS/c1-15-6-5-9-17(21-15)14-20-19(23)18(16-7-3-2-4-8-16)22-10-12-24-13-11-22/h2-9,18H,10-14H2,1H3,(H,20,23). The van der Waals surface area contributed by atoms with Gasteiger partial charge in [-0.1, -0.05) is 36.4 Å². The molecule has 0 saturated carbocycles. The fraction of sp³-hybridized carbons (Fsp3) is 0.368. The maximum absolute atomic E-state index is 12.9. The van der Waals surface area contributed by atoms with Gasteiger partial charge in [0.05, 0.1) is 12.2 Å². The summed E-state index contributed by atoms with van der Waals surface area (Å²) in [4.78, 5) is 19.7. The van der Waals surface area contributed by atoms with Crippen molar-refractivity contribution in [2.45, 2.75) is 19.5 Å². The number of thioether (sulfide) groups is 1. The highest BCUT2D eigenvalue weighted by Gasteiger charge is 2.28. The topological polar surface area (TPSA) is 45.2 Å². The highest BCUT2D eigenvalue weighted by atomic mass is 32.2. The van der Waals surface area contributed by atoms with Crippen molar-refractivity contribution in [3.63, 3.8) is 0 Å². The van der Waals surface area contributed by atoms with Crippen molar-refractivity contribution in [2.24, 2.45) is 0 Å². The Kier molecular flexibility index (Phi) is 5.88. The Balaban J connectivity index is 1.73. The maximum atomic E-state index is 12.9. The molecule has 1 N–H and O–H groups in total. The Morgan fingerprint density at radius 1 is 1.17 bits per heavy atom. The molecule has 2 aromatic rings. The van der Waals surface area contributed by atoms with Gasteiger partial charge in [-0.25, -0.2) is 0 Å². The van der Waals surface area contributed by atoms with E-state index in [1.54, 1.807) is 0 Å². The van der Waals surface area contributed by atoms with E-state index in [0.29, 0.717) is 6.54 Å². The maximum Gasteiger partial charge on any atom is 0.242 e. The lowest BCUT2D eigenvalue weighted by Gasteiger charge is -2.33. The SMILES string of the molecule is Cc1cccc(CNC(=O)C(c2ccccc2)N2CCSCC2)n1. The summed E-state index contributed by atoms with van der Waals surface area (Å²) < 4.78 is 0. The number of nitrogens with zero attached hydrogens (tertiary/aromatic N) is 2. The number of pyridine rings is 1. The van der Waals surface area contributed by atoms with E-state index < -0.39 is 0 Å². The molecule has 1 aromatic carbocycles. The van der Waals surface area contributed by atoms with Crippen LogP contribution in [0.3, 0.4) is 0 Å². The van der Waals surface area contributed by atoms with E-state index in [0.717, 1.165) is 41.5 Å². The van der Waals surface area contributed by atoms with Crippen LogP contribution in [-0.4, -0.2) is 40.4 Å². The summed E-state index contributed by atoms with van der Waals surface area (Å²) in [5, 5.41) is 3.07. The molecule has 2 heterocycles. The number of carbonyl (C=O) groups excluding carboxylic acids is 1. The van der Waals surface area contributed by atoms with Crippen LogP contribution in [0, 0.1) is 6.92 Å². The second-order valence-corrected chi connectivity index (χ2v) is 7.17. The molecule has 1 atom stereocenters. The molecule has 1 unspecified atom stereocenters. The summed E-state index contributed by atoms with van der Waals surface area (Å²) in [6, 6.07) is 15.7. The molecule has 126 valence electrons. The van der Waals surface area contributed by atoms with Crippen LogP contribution < -0.4 is 5.32 Å². The molecular weight excluding hydrogens is 318 g/mol. The number of amides is 1. The summed E-state index contributed by atoms with van der Waals surface area (Å²) in [5.41, 5.74) is 2.91. The van der Waals surface area contributed by atoms with Gasteiger partial charge in [-0.2, -0.15) is 11.8 Å². The minimum Gasteiger partial charge on any atom is -0.349 e. The summed E-state index contributed by atoms with van der Waals surface area (Å²) in [5.74, 6) is 2.21. The van der Waals surface area contributed by atoms with Gasteiger partial charge in [0.1, 0.15) is 6.04 Å². The zero-order valence-corrected chi connectivity index (χ0v) is 14.8. The number of aryl methyl sites for hydroxylation is 1. The Morgan fingerprint density at radius 2 is 1.92 bits per heavy atom. The molecule has 1 aliphatic heterocycles. The van der Waals surface area contributed by atoms with Gasteiger partial charge in [0, 0.05) is 30.3 Å². The summed E-state index contributed by atoms with van der Waals surface area (Å²) in [7, 11) is 0. The summed E-state index contributed by atoms with van der Waals surface area (Å²) in [6.07, 6.45) is 0. The van der Waals surface area contributed by atoms with Crippen LogP contribution in [0.15, 0.2) is 48.5 Å². The van der Waals surface area contributed by atoms with E-state index in [1.807, 2.05) is 67.2 Å². The van der Waals surface area contributed by atoms with E-state index in [1.165, 1.54) is 0 Å². The third kappa shape index (κ3) is 4.36. The van der Waals surface area contributed by atoms with Gasteiger partial charge in [0.2, 0.25) is 5.91 Å². The van der Waals surface area contributed by atoms with Gasteiger partial charge in [0.25, 0.3) is 0 Å². The Morgan fingerprint density at radius 3 is 2.62 bits per heavy atom. The first-order valence-corrected chi connectivity index (χ1v) is 9.46. The third-order valence-electron chi connectivity index (χ3n) is 4.16. The molecule has 1 saturated heterocycles. The van der Waals surface area contributed by atoms with E-state index in [2.05, 4.69) is 15.2 Å². The second-order valence-electron chi connectivity index (χ2n) is 5.95. The van der Waals surface area contributed by atoms with Gasteiger partial charge < -0.3 is 5.32 Å². The zero-order valence-electron chi connectivity index (χ0n) is 13.9. The number of hydrogen-bond donors (Lipinski definition) is 1. The van der Waals surface area contributed by atoms with Gasteiger partial charge in [-0.3, -0.25) is 14.7 Å². The van der Waals surface area contributed by atoms with Gasteiger partial charge >= 0.3 is 0 Å². The predicted molar refractivity (Wildman–Crippen MR) is 98.9 cm³/mol. The molecule has 0 bridgehead atoms. The van der Waals surface area contributed by atoms with Crippen molar-refractivity contribution in [3.8, 4) is 0 Å². The van der Waals surface area contributed by atoms with E-state index in [-0.39, 0.29) is 11.9 Å². The molecule has 5 heteroatoms. The lowest BCUT2D eigenvalue weighted by molar-refractivity contribution is -0.126. The number of carbonyl (C=O) groups is 1. The normalized spacial score (nSPS) is 16.5. The molecular formula is C19H23N3OS. The largest absolute Gasteiger partial charge is 0.349 e. The van der Waals surface area contributed by atoms with E-state index in [4.69, 9.17) is 0 Å². The number of nitrogens with one attached hydrogen (secondary N) is 1. The molecule has 1 amide bonds. The fourth-order valence-corrected chi connectivity index (χ4v) is 3.90. The monoisotopic (exact) mass is 341 g/mol. The van der Waals surface area contributed by atoms with Crippen molar-refractivity contribution in [2.75, 3.05) is 24.6 Å². The van der Waals surface area contributed by atoms with Crippen molar-refractivity contribution in [3.05, 3.63) is 65.5 Å². The van der Waals surface area contributed by atoms with Crippen molar-refractivity contribution >= 4 is 17.7 Å². The average Bonchev–Trinajstić information content (AvgIpc) is 2.62. The van der Waals surface area contributed by atoms with Gasteiger partial charge in [0.15, 0.2) is 0 Å². The predicted octanol–water partition coefficient (Wildman–Crippen LogP) is 2.80. The molecule has 1 fully saturated rings. The first-order chi connectivity index (χ1) is 11.7. The third-order valence-corrected chi connectivity index (χ3v) is 5.11. The molecule has 24 heavy (non-hydrogen) atoms. The number of rotatable bonds is 5. The highest BCUT2D eigenvalue weighted by Crippen LogP contribution is 2.24. The van der Waals surface area contributed by atoms with Gasteiger partial charge in [-0.05, 0) is 24.6 Å². The first-order valence-electron chi connectivity index (χ1n) is 8.31. The Bertz CT molecular complexity index is 671. The van der Waals surface area contributed by atoms with Crippen LogP contribution >= 0.6 is 11.8 Å². The van der Waals surface area contributed by atoms with Crippen LogP contribution in [0.5, 0.6) is 0 Å². The molecule has 0 radical (unpaired) electrons. The van der Waals surface area contributed by atoms with Crippen LogP contribution in [0.2, 0.25) is 0 Å². The quantitative estimate of drug-likeness (QED) is 0.908. The fourth-order valence-electron chi connectivity index (χ4n) is 2.97. The van der Waals surface area contributed by atoms with Crippen LogP contribution in [0.4, 0.5) is 0 Å². The van der Waals surface area contributed by atoms with E-state index >= 15 is 0 Å². The second kappa shape index (κ2) is 8.31. The minimum atomic E-state index is -0.225. The summed E-state index contributed by atoms with van der Waals surface area (Å²) >= 11 is 1.95. The molecule has 4 nitrogen and oxygen atoms in total. The smallest absolute Gasteiger partial charge is 0.242 e. The summed E-state index contributed by atoms with van der Waals surface area (Å²) in [6.45, 7) is 4.32. The van der Waals surface area contributed by atoms with Crippen molar-refractivity contribution in [1.29, 1.82) is 0 Å². The molecule has 0 aliphatic carbocycles. The van der Waals surface area contributed by atoms with Crippen LogP contribution in [-0.2, 0) is 11.3 Å². The number of hydrogen-bond acceptors (Lipinski definition) is 4. The number of benzene rings is 1. The number of aromatic nitrogens is 1. The zero-order chi connectivity index (χ0) is 16.8. The highest BCUT2D eigenvalue weighted by molar-refractivity contribution is 7.99. The molecule has 1 aliphatic rings. The van der Waals surface area contributed by atoms with Crippen molar-refractivity contribution < 1.29 is 4.79 Å². The first kappa shape index (κ1) is 17.0. The lowest BCUT2D eigenvalue weighted by atomic mass is 10.0. The Hall–Kier alpha value is -1.85. The van der Waals surface area contributed by atoms with Crippen molar-refractivity contribution in [1.82, 2.24) is 15.2 Å².